The van der Waals surface area contributed by atoms with Crippen molar-refractivity contribution in [2.75, 3.05) is 19.7 Å². The third kappa shape index (κ3) is 4.31. The van der Waals surface area contributed by atoms with Crippen molar-refractivity contribution in [3.8, 4) is 17.2 Å². The summed E-state index contributed by atoms with van der Waals surface area (Å²) in [4.78, 5) is 22.6. The molecule has 4 rings (SSSR count). The summed E-state index contributed by atoms with van der Waals surface area (Å²) in [5, 5.41) is 4.07. The summed E-state index contributed by atoms with van der Waals surface area (Å²) >= 11 is 0. The molecule has 1 amide bonds. The van der Waals surface area contributed by atoms with Gasteiger partial charge in [-0.05, 0) is 36.6 Å². The molecule has 7 heteroatoms. The number of para-hydroxylation sites is 1. The zero-order valence-corrected chi connectivity index (χ0v) is 14.8. The van der Waals surface area contributed by atoms with E-state index in [4.69, 9.17) is 9.26 Å². The minimum atomic E-state index is 0.00643. The summed E-state index contributed by atoms with van der Waals surface area (Å²) in [5.41, 5.74) is 0.852. The molecular weight excluding hydrogens is 344 g/mol. The second kappa shape index (κ2) is 7.99. The number of pyridine rings is 1. The number of hydrogen-bond acceptors (Lipinski definition) is 6. The van der Waals surface area contributed by atoms with Crippen molar-refractivity contribution in [2.24, 2.45) is 5.92 Å². The third-order valence-corrected chi connectivity index (χ3v) is 4.61. The van der Waals surface area contributed by atoms with Crippen LogP contribution in [-0.4, -0.2) is 45.6 Å². The largest absolute Gasteiger partial charge is 0.484 e. The molecule has 0 bridgehead atoms. The van der Waals surface area contributed by atoms with Crippen LogP contribution in [0, 0.1) is 5.92 Å². The average Bonchev–Trinajstić information content (AvgIpc) is 3.38. The van der Waals surface area contributed by atoms with Crippen molar-refractivity contribution < 1.29 is 14.1 Å². The highest BCUT2D eigenvalue weighted by molar-refractivity contribution is 5.78. The molecule has 7 nitrogen and oxygen atoms in total. The minimum Gasteiger partial charge on any atom is -0.484 e. The highest BCUT2D eigenvalue weighted by Gasteiger charge is 2.27. The van der Waals surface area contributed by atoms with Crippen LogP contribution in [0.25, 0.3) is 11.5 Å². The van der Waals surface area contributed by atoms with Crippen molar-refractivity contribution >= 4 is 5.91 Å². The van der Waals surface area contributed by atoms with E-state index >= 15 is 0 Å². The summed E-state index contributed by atoms with van der Waals surface area (Å²) in [6.07, 6.45) is 5.00. The van der Waals surface area contributed by atoms with E-state index in [0.29, 0.717) is 36.3 Å². The van der Waals surface area contributed by atoms with E-state index in [1.807, 2.05) is 47.4 Å². The lowest BCUT2D eigenvalue weighted by molar-refractivity contribution is -0.132. The number of rotatable bonds is 6. The van der Waals surface area contributed by atoms with Crippen LogP contribution in [0.4, 0.5) is 0 Å². The van der Waals surface area contributed by atoms with Gasteiger partial charge in [0.15, 0.2) is 12.4 Å². The van der Waals surface area contributed by atoms with Crippen LogP contribution in [0.1, 0.15) is 12.2 Å². The van der Waals surface area contributed by atoms with Crippen LogP contribution in [0.2, 0.25) is 0 Å². The molecule has 0 N–H and O–H groups in total. The van der Waals surface area contributed by atoms with E-state index in [-0.39, 0.29) is 12.5 Å². The third-order valence-electron chi connectivity index (χ3n) is 4.61. The van der Waals surface area contributed by atoms with Gasteiger partial charge in [-0.3, -0.25) is 9.78 Å². The highest BCUT2D eigenvalue weighted by Crippen LogP contribution is 2.22. The summed E-state index contributed by atoms with van der Waals surface area (Å²) in [6.45, 7) is 1.48. The molecule has 1 aromatic carbocycles. The summed E-state index contributed by atoms with van der Waals surface area (Å²) in [7, 11) is 0. The van der Waals surface area contributed by atoms with E-state index in [2.05, 4.69) is 15.1 Å². The second-order valence-corrected chi connectivity index (χ2v) is 6.55. The standard InChI is InChI=1S/C20H20N4O3/c25-19(14-26-17-4-2-1-3-5-17)24-11-8-15(13-24)12-18-22-20(27-23-18)16-6-9-21-10-7-16/h1-7,9-10,15H,8,11-14H2. The van der Waals surface area contributed by atoms with Gasteiger partial charge >= 0.3 is 0 Å². The first-order chi connectivity index (χ1) is 13.3. The minimum absolute atomic E-state index is 0.00643. The molecule has 0 spiro atoms. The number of amides is 1. The summed E-state index contributed by atoms with van der Waals surface area (Å²) < 4.78 is 10.9. The maximum absolute atomic E-state index is 12.4. The van der Waals surface area contributed by atoms with Gasteiger partial charge < -0.3 is 14.2 Å². The van der Waals surface area contributed by atoms with Gasteiger partial charge in [-0.15, -0.1) is 0 Å². The molecule has 1 aliphatic heterocycles. The Bertz CT molecular complexity index is 883. The lowest BCUT2D eigenvalue weighted by atomic mass is 10.1. The fourth-order valence-electron chi connectivity index (χ4n) is 3.19. The Morgan fingerprint density at radius 3 is 2.81 bits per heavy atom. The molecule has 3 heterocycles. The molecule has 27 heavy (non-hydrogen) atoms. The summed E-state index contributed by atoms with van der Waals surface area (Å²) in [6, 6.07) is 13.0. The van der Waals surface area contributed by atoms with Gasteiger partial charge in [-0.2, -0.15) is 4.98 Å². The van der Waals surface area contributed by atoms with Crippen molar-refractivity contribution in [1.29, 1.82) is 0 Å². The van der Waals surface area contributed by atoms with Crippen LogP contribution in [0.15, 0.2) is 59.4 Å². The van der Waals surface area contributed by atoms with Crippen molar-refractivity contribution in [1.82, 2.24) is 20.0 Å². The van der Waals surface area contributed by atoms with E-state index in [0.717, 1.165) is 18.5 Å². The molecule has 0 saturated carbocycles. The van der Waals surface area contributed by atoms with E-state index < -0.39 is 0 Å². The number of carbonyl (C=O) groups is 1. The van der Waals surface area contributed by atoms with Gasteiger partial charge in [0, 0.05) is 37.5 Å². The number of carbonyl (C=O) groups excluding carboxylic acids is 1. The SMILES string of the molecule is O=C(COc1ccccc1)N1CCC(Cc2noc(-c3ccncc3)n2)C1. The fourth-order valence-corrected chi connectivity index (χ4v) is 3.19. The molecule has 1 saturated heterocycles. The van der Waals surface area contributed by atoms with Crippen LogP contribution in [-0.2, 0) is 11.2 Å². The number of nitrogens with zero attached hydrogens (tertiary/aromatic N) is 4. The van der Waals surface area contributed by atoms with E-state index in [1.54, 1.807) is 12.4 Å². The lowest BCUT2D eigenvalue weighted by Gasteiger charge is -2.16. The molecule has 138 valence electrons. The summed E-state index contributed by atoms with van der Waals surface area (Å²) in [5.74, 6) is 2.20. The Balaban J connectivity index is 1.28. The van der Waals surface area contributed by atoms with Crippen molar-refractivity contribution in [3.05, 3.63) is 60.7 Å². The Morgan fingerprint density at radius 1 is 1.19 bits per heavy atom. The molecule has 0 aliphatic carbocycles. The van der Waals surface area contributed by atoms with Crippen LogP contribution in [0.5, 0.6) is 5.75 Å². The number of benzene rings is 1. The van der Waals surface area contributed by atoms with Crippen molar-refractivity contribution in [3.63, 3.8) is 0 Å². The Kier molecular flexibility index (Phi) is 5.09. The van der Waals surface area contributed by atoms with E-state index in [9.17, 15) is 4.79 Å². The first-order valence-electron chi connectivity index (χ1n) is 8.96. The lowest BCUT2D eigenvalue weighted by Crippen LogP contribution is -2.33. The topological polar surface area (TPSA) is 81.4 Å². The molecule has 2 aromatic heterocycles. The van der Waals surface area contributed by atoms with Crippen LogP contribution >= 0.6 is 0 Å². The molecule has 1 aliphatic rings. The van der Waals surface area contributed by atoms with Gasteiger partial charge in [-0.25, -0.2) is 0 Å². The predicted octanol–water partition coefficient (Wildman–Crippen LogP) is 2.60. The van der Waals surface area contributed by atoms with Crippen LogP contribution < -0.4 is 4.74 Å². The van der Waals surface area contributed by atoms with Gasteiger partial charge in [0.05, 0.1) is 0 Å². The maximum Gasteiger partial charge on any atom is 0.260 e. The average molecular weight is 364 g/mol. The zero-order chi connectivity index (χ0) is 18.5. The number of aromatic nitrogens is 3. The highest BCUT2D eigenvalue weighted by atomic mass is 16.5. The zero-order valence-electron chi connectivity index (χ0n) is 14.8. The molecule has 1 fully saturated rings. The second-order valence-electron chi connectivity index (χ2n) is 6.55. The number of likely N-dealkylation sites (tertiary alicyclic amines) is 1. The molecule has 1 atom stereocenters. The molecule has 3 aromatic rings. The quantitative estimate of drug-likeness (QED) is 0.669. The maximum atomic E-state index is 12.4. The van der Waals surface area contributed by atoms with Gasteiger partial charge in [0.2, 0.25) is 0 Å². The predicted molar refractivity (Wildman–Crippen MR) is 97.9 cm³/mol. The Labute approximate surface area is 157 Å². The Morgan fingerprint density at radius 2 is 2.00 bits per heavy atom. The van der Waals surface area contributed by atoms with Gasteiger partial charge in [-0.1, -0.05) is 23.4 Å². The number of ether oxygens (including phenoxy) is 1. The molecule has 0 radical (unpaired) electrons. The monoisotopic (exact) mass is 364 g/mol. The first-order valence-corrected chi connectivity index (χ1v) is 8.96. The molecular formula is C20H20N4O3. The smallest absolute Gasteiger partial charge is 0.260 e. The van der Waals surface area contributed by atoms with Crippen LogP contribution in [0.3, 0.4) is 0 Å². The Hall–Kier alpha value is -3.22. The molecule has 1 unspecified atom stereocenters. The normalized spacial score (nSPS) is 16.4. The number of hydrogen-bond donors (Lipinski definition) is 0. The van der Waals surface area contributed by atoms with Gasteiger partial charge in [0.1, 0.15) is 5.75 Å². The van der Waals surface area contributed by atoms with Crippen molar-refractivity contribution in [2.45, 2.75) is 12.8 Å². The van der Waals surface area contributed by atoms with E-state index in [1.165, 1.54) is 0 Å². The van der Waals surface area contributed by atoms with Gasteiger partial charge in [0.25, 0.3) is 11.8 Å². The first kappa shape index (κ1) is 17.2. The fraction of sp³-hybridized carbons (Fsp3) is 0.300.